The summed E-state index contributed by atoms with van der Waals surface area (Å²) >= 11 is 1.73. The van der Waals surface area contributed by atoms with Crippen LogP contribution in [0, 0.1) is 0 Å². The fourth-order valence-corrected chi connectivity index (χ4v) is 3.02. The van der Waals surface area contributed by atoms with Crippen molar-refractivity contribution in [3.05, 3.63) is 52.2 Å². The molecule has 1 amide bonds. The third kappa shape index (κ3) is 4.60. The summed E-state index contributed by atoms with van der Waals surface area (Å²) in [5, 5.41) is 5.10. The van der Waals surface area contributed by atoms with E-state index in [1.54, 1.807) is 11.3 Å². The summed E-state index contributed by atoms with van der Waals surface area (Å²) in [5.74, 6) is 0.0852. The topological polar surface area (TPSA) is 55.1 Å². The molecule has 1 heterocycles. The van der Waals surface area contributed by atoms with Crippen molar-refractivity contribution >= 4 is 22.9 Å². The van der Waals surface area contributed by atoms with Crippen LogP contribution in [0.5, 0.6) is 0 Å². The van der Waals surface area contributed by atoms with E-state index in [4.69, 9.17) is 5.73 Å². The van der Waals surface area contributed by atoms with Crippen LogP contribution in [0.15, 0.2) is 41.8 Å². The predicted molar refractivity (Wildman–Crippen MR) is 89.5 cm³/mol. The van der Waals surface area contributed by atoms with Crippen molar-refractivity contribution in [2.45, 2.75) is 32.1 Å². The molecule has 1 aromatic carbocycles. The lowest BCUT2D eigenvalue weighted by Gasteiger charge is -2.23. The fourth-order valence-electron chi connectivity index (χ4n) is 2.17. The summed E-state index contributed by atoms with van der Waals surface area (Å²) in [7, 11) is 0. The lowest BCUT2D eigenvalue weighted by atomic mass is 9.91. The molecule has 2 rings (SSSR count). The summed E-state index contributed by atoms with van der Waals surface area (Å²) in [4.78, 5) is 13.3. The van der Waals surface area contributed by atoms with E-state index >= 15 is 0 Å². The van der Waals surface area contributed by atoms with Crippen LogP contribution in [0.1, 0.15) is 30.7 Å². The Labute approximate surface area is 130 Å². The van der Waals surface area contributed by atoms with E-state index < -0.39 is 0 Å². The SMILES string of the molecule is CC(C)(CNC(=O)CCc1cccc(N)c1)c1cccs1. The third-order valence-corrected chi connectivity index (χ3v) is 4.74. The molecule has 0 saturated heterocycles. The molecule has 0 unspecified atom stereocenters. The van der Waals surface area contributed by atoms with E-state index in [1.807, 2.05) is 30.3 Å². The second kappa shape index (κ2) is 6.76. The number of nitrogens with one attached hydrogen (secondary N) is 1. The highest BCUT2D eigenvalue weighted by Gasteiger charge is 2.22. The van der Waals surface area contributed by atoms with Gasteiger partial charge in [0.2, 0.25) is 5.91 Å². The number of nitrogen functional groups attached to an aromatic ring is 1. The number of anilines is 1. The number of amides is 1. The first-order valence-electron chi connectivity index (χ1n) is 7.12. The number of rotatable bonds is 6. The van der Waals surface area contributed by atoms with Gasteiger partial charge in [-0.3, -0.25) is 4.79 Å². The first-order chi connectivity index (χ1) is 9.97. The normalized spacial score (nSPS) is 11.3. The fraction of sp³-hybridized carbons (Fsp3) is 0.353. The molecular formula is C17H22N2OS. The number of hydrogen-bond donors (Lipinski definition) is 2. The number of aryl methyl sites for hydroxylation is 1. The number of hydrogen-bond acceptors (Lipinski definition) is 3. The molecule has 0 bridgehead atoms. The molecule has 3 nitrogen and oxygen atoms in total. The van der Waals surface area contributed by atoms with Crippen LogP contribution < -0.4 is 11.1 Å². The van der Waals surface area contributed by atoms with Crippen LogP contribution >= 0.6 is 11.3 Å². The Kier molecular flexibility index (Phi) is 5.02. The number of thiophene rings is 1. The van der Waals surface area contributed by atoms with Crippen LogP contribution in [0.25, 0.3) is 0 Å². The lowest BCUT2D eigenvalue weighted by molar-refractivity contribution is -0.121. The van der Waals surface area contributed by atoms with Gasteiger partial charge in [0.05, 0.1) is 0 Å². The highest BCUT2D eigenvalue weighted by molar-refractivity contribution is 7.10. The molecule has 0 aliphatic heterocycles. The molecular weight excluding hydrogens is 280 g/mol. The van der Waals surface area contributed by atoms with E-state index in [1.165, 1.54) is 4.88 Å². The van der Waals surface area contributed by atoms with Crippen molar-refractivity contribution in [2.24, 2.45) is 0 Å². The maximum atomic E-state index is 12.0. The third-order valence-electron chi connectivity index (χ3n) is 3.51. The minimum absolute atomic E-state index is 0.0268. The molecule has 0 radical (unpaired) electrons. The minimum Gasteiger partial charge on any atom is -0.399 e. The van der Waals surface area contributed by atoms with Gasteiger partial charge in [-0.2, -0.15) is 0 Å². The zero-order valence-corrected chi connectivity index (χ0v) is 13.4. The second-order valence-corrected chi connectivity index (χ2v) is 6.83. The second-order valence-electron chi connectivity index (χ2n) is 5.88. The summed E-state index contributed by atoms with van der Waals surface area (Å²) in [6.45, 7) is 4.96. The Balaban J connectivity index is 1.80. The van der Waals surface area contributed by atoms with Gasteiger partial charge in [-0.25, -0.2) is 0 Å². The van der Waals surface area contributed by atoms with Crippen molar-refractivity contribution in [3.8, 4) is 0 Å². The number of nitrogens with two attached hydrogens (primary N) is 1. The largest absolute Gasteiger partial charge is 0.399 e. The molecule has 0 atom stereocenters. The average molecular weight is 302 g/mol. The van der Waals surface area contributed by atoms with Crippen molar-refractivity contribution in [2.75, 3.05) is 12.3 Å². The summed E-state index contributed by atoms with van der Waals surface area (Å²) < 4.78 is 0. The van der Waals surface area contributed by atoms with Gasteiger partial charge in [-0.05, 0) is 35.6 Å². The molecule has 2 aromatic rings. The van der Waals surface area contributed by atoms with Crippen molar-refractivity contribution in [3.63, 3.8) is 0 Å². The van der Waals surface area contributed by atoms with Crippen LogP contribution in [0.4, 0.5) is 5.69 Å². The zero-order chi connectivity index (χ0) is 15.3. The van der Waals surface area contributed by atoms with E-state index in [9.17, 15) is 4.79 Å². The maximum Gasteiger partial charge on any atom is 0.220 e. The molecule has 1 aromatic heterocycles. The molecule has 21 heavy (non-hydrogen) atoms. The van der Waals surface area contributed by atoms with Crippen LogP contribution in [-0.2, 0) is 16.6 Å². The van der Waals surface area contributed by atoms with Gasteiger partial charge in [0, 0.05) is 28.9 Å². The lowest BCUT2D eigenvalue weighted by Crippen LogP contribution is -2.36. The molecule has 3 N–H and O–H groups in total. The highest BCUT2D eigenvalue weighted by atomic mass is 32.1. The Morgan fingerprint density at radius 1 is 1.29 bits per heavy atom. The van der Waals surface area contributed by atoms with Gasteiger partial charge in [0.25, 0.3) is 0 Å². The molecule has 0 aliphatic carbocycles. The number of benzene rings is 1. The summed E-state index contributed by atoms with van der Waals surface area (Å²) in [5.41, 5.74) is 7.55. The van der Waals surface area contributed by atoms with E-state index in [0.717, 1.165) is 17.7 Å². The Morgan fingerprint density at radius 3 is 2.76 bits per heavy atom. The zero-order valence-electron chi connectivity index (χ0n) is 12.6. The van der Waals surface area contributed by atoms with Crippen LogP contribution in [-0.4, -0.2) is 12.5 Å². The molecule has 112 valence electrons. The smallest absolute Gasteiger partial charge is 0.220 e. The summed E-state index contributed by atoms with van der Waals surface area (Å²) in [6.07, 6.45) is 1.21. The van der Waals surface area contributed by atoms with E-state index in [-0.39, 0.29) is 11.3 Å². The first-order valence-corrected chi connectivity index (χ1v) is 8.00. The van der Waals surface area contributed by atoms with Gasteiger partial charge in [0.1, 0.15) is 0 Å². The molecule has 4 heteroatoms. The Bertz CT molecular complexity index is 591. The van der Waals surface area contributed by atoms with Crippen LogP contribution in [0.2, 0.25) is 0 Å². The van der Waals surface area contributed by atoms with Crippen molar-refractivity contribution in [1.29, 1.82) is 0 Å². The minimum atomic E-state index is -0.0268. The van der Waals surface area contributed by atoms with Gasteiger partial charge >= 0.3 is 0 Å². The monoisotopic (exact) mass is 302 g/mol. The Hall–Kier alpha value is -1.81. The molecule has 0 fully saturated rings. The number of carbonyl (C=O) groups is 1. The Morgan fingerprint density at radius 2 is 2.10 bits per heavy atom. The average Bonchev–Trinajstić information content (AvgIpc) is 2.98. The molecule has 0 saturated carbocycles. The van der Waals surface area contributed by atoms with Gasteiger partial charge in [0.15, 0.2) is 0 Å². The molecule has 0 spiro atoms. The highest BCUT2D eigenvalue weighted by Crippen LogP contribution is 2.26. The van der Waals surface area contributed by atoms with E-state index in [2.05, 4.69) is 30.6 Å². The van der Waals surface area contributed by atoms with Gasteiger partial charge < -0.3 is 11.1 Å². The van der Waals surface area contributed by atoms with Gasteiger partial charge in [-0.15, -0.1) is 11.3 Å². The van der Waals surface area contributed by atoms with Crippen LogP contribution in [0.3, 0.4) is 0 Å². The standard InChI is InChI=1S/C17H22N2OS/c1-17(2,15-7-4-10-21-15)12-19-16(20)9-8-13-5-3-6-14(18)11-13/h3-7,10-11H,8-9,12,18H2,1-2H3,(H,19,20). The predicted octanol–water partition coefficient (Wildman–Crippen LogP) is 3.36. The molecule has 0 aliphatic rings. The number of carbonyl (C=O) groups excluding carboxylic acids is 1. The van der Waals surface area contributed by atoms with Crippen molar-refractivity contribution < 1.29 is 4.79 Å². The summed E-state index contributed by atoms with van der Waals surface area (Å²) in [6, 6.07) is 11.9. The van der Waals surface area contributed by atoms with Crippen molar-refractivity contribution in [1.82, 2.24) is 5.32 Å². The van der Waals surface area contributed by atoms with E-state index in [0.29, 0.717) is 13.0 Å². The maximum absolute atomic E-state index is 12.0. The first kappa shape index (κ1) is 15.6. The van der Waals surface area contributed by atoms with Gasteiger partial charge in [-0.1, -0.05) is 32.0 Å². The quantitative estimate of drug-likeness (QED) is 0.804.